The van der Waals surface area contributed by atoms with Crippen molar-refractivity contribution in [2.75, 3.05) is 0 Å². The molecule has 0 aromatic carbocycles. The molecule has 0 aromatic heterocycles. The minimum atomic E-state index is 0.717. The Morgan fingerprint density at radius 1 is 1.36 bits per heavy atom. The maximum atomic E-state index is 2.48. The van der Waals surface area contributed by atoms with Crippen LogP contribution in [0.15, 0.2) is 0 Å². The molecule has 3 saturated carbocycles. The van der Waals surface area contributed by atoms with Crippen LogP contribution in [0.5, 0.6) is 0 Å². The second kappa shape index (κ2) is 1.55. The van der Waals surface area contributed by atoms with E-state index in [1.54, 1.807) is 25.7 Å². The zero-order valence-corrected chi connectivity index (χ0v) is 7.69. The highest BCUT2D eigenvalue weighted by Gasteiger charge is 2.70. The molecule has 3 fully saturated rings. The van der Waals surface area contributed by atoms with E-state index in [0.717, 1.165) is 16.6 Å². The average Bonchev–Trinajstić information content (AvgIpc) is 2.58. The largest absolute Gasteiger partial charge is 0.109 e. The van der Waals surface area contributed by atoms with E-state index in [2.05, 4.69) is 14.8 Å². The van der Waals surface area contributed by atoms with Gasteiger partial charge in [0, 0.05) is 0 Å². The van der Waals surface area contributed by atoms with Crippen molar-refractivity contribution in [3.63, 3.8) is 0 Å². The third-order valence-electron chi connectivity index (χ3n) is 4.75. The van der Waals surface area contributed by atoms with Gasteiger partial charge in [0.1, 0.15) is 7.85 Å². The van der Waals surface area contributed by atoms with Crippen LogP contribution in [-0.4, -0.2) is 7.85 Å². The van der Waals surface area contributed by atoms with E-state index in [4.69, 9.17) is 0 Å². The summed E-state index contributed by atoms with van der Waals surface area (Å²) in [6.45, 7) is 2.48. The van der Waals surface area contributed by atoms with E-state index in [0.29, 0.717) is 0 Å². The van der Waals surface area contributed by atoms with Crippen LogP contribution in [0.2, 0.25) is 5.31 Å². The molecule has 0 aromatic rings. The van der Waals surface area contributed by atoms with Crippen molar-refractivity contribution in [1.29, 1.82) is 0 Å². The summed E-state index contributed by atoms with van der Waals surface area (Å²) < 4.78 is 0. The van der Waals surface area contributed by atoms with Crippen LogP contribution < -0.4 is 0 Å². The maximum Gasteiger partial charge on any atom is 0.109 e. The highest BCUT2D eigenvalue weighted by atomic mass is 14.7. The lowest BCUT2D eigenvalue weighted by atomic mass is 9.41. The minimum Gasteiger partial charge on any atom is -0.0666 e. The lowest BCUT2D eigenvalue weighted by Gasteiger charge is -2.56. The van der Waals surface area contributed by atoms with Gasteiger partial charge in [0.2, 0.25) is 0 Å². The van der Waals surface area contributed by atoms with Crippen molar-refractivity contribution >= 4 is 7.85 Å². The minimum absolute atomic E-state index is 0.717. The molecular formula is C10H17B. The lowest BCUT2D eigenvalue weighted by Crippen LogP contribution is -2.45. The quantitative estimate of drug-likeness (QED) is 0.461. The molecule has 3 aliphatic carbocycles. The second-order valence-corrected chi connectivity index (χ2v) is 5.78. The van der Waals surface area contributed by atoms with Gasteiger partial charge in [-0.05, 0) is 36.5 Å². The van der Waals surface area contributed by atoms with Crippen LogP contribution in [0.3, 0.4) is 0 Å². The highest BCUT2D eigenvalue weighted by molar-refractivity contribution is 6.16. The fraction of sp³-hybridized carbons (Fsp3) is 1.00. The molecule has 0 amide bonds. The summed E-state index contributed by atoms with van der Waals surface area (Å²) in [7, 11) is 2.48. The fourth-order valence-corrected chi connectivity index (χ4v) is 4.42. The first-order valence-electron chi connectivity index (χ1n) is 5.15. The van der Waals surface area contributed by atoms with E-state index < -0.39 is 0 Å². The van der Waals surface area contributed by atoms with Gasteiger partial charge in [0.15, 0.2) is 0 Å². The Morgan fingerprint density at radius 3 is 2.82 bits per heavy atom. The van der Waals surface area contributed by atoms with Gasteiger partial charge in [-0.1, -0.05) is 25.1 Å². The summed E-state index contributed by atoms with van der Waals surface area (Å²) in [6.07, 6.45) is 7.78. The summed E-state index contributed by atoms with van der Waals surface area (Å²) in [5.74, 6) is 2.29. The normalized spacial score (nSPS) is 65.9. The molecule has 0 N–H and O–H groups in total. The molecule has 3 aliphatic rings. The predicted molar refractivity (Wildman–Crippen MR) is 49.4 cm³/mol. The monoisotopic (exact) mass is 148 g/mol. The lowest BCUT2D eigenvalue weighted by molar-refractivity contribution is 0.0311. The van der Waals surface area contributed by atoms with Gasteiger partial charge in [-0.15, -0.1) is 0 Å². The van der Waals surface area contributed by atoms with E-state index in [-0.39, 0.29) is 0 Å². The third kappa shape index (κ3) is 0.599. The van der Waals surface area contributed by atoms with Crippen LogP contribution in [0.25, 0.3) is 0 Å². The Hall–Kier alpha value is 0.0649. The molecule has 1 heteroatoms. The predicted octanol–water partition coefficient (Wildman–Crippen LogP) is 2.01. The van der Waals surface area contributed by atoms with Gasteiger partial charge < -0.3 is 0 Å². The van der Waals surface area contributed by atoms with Crippen LogP contribution in [0.1, 0.15) is 39.0 Å². The first-order valence-corrected chi connectivity index (χ1v) is 5.15. The molecule has 3 rings (SSSR count). The molecule has 4 unspecified atom stereocenters. The summed E-state index contributed by atoms with van der Waals surface area (Å²) in [5.41, 5.74) is 0.918. The first-order chi connectivity index (χ1) is 5.15. The van der Waals surface area contributed by atoms with Crippen molar-refractivity contribution in [2.45, 2.75) is 44.3 Å². The van der Waals surface area contributed by atoms with E-state index in [1.165, 1.54) is 12.3 Å². The molecule has 60 valence electrons. The van der Waals surface area contributed by atoms with Gasteiger partial charge in [0.05, 0.1) is 0 Å². The van der Waals surface area contributed by atoms with Crippen molar-refractivity contribution in [3.05, 3.63) is 0 Å². The van der Waals surface area contributed by atoms with E-state index in [1.807, 2.05) is 0 Å². The Kier molecular flexibility index (Phi) is 0.928. The SMILES string of the molecule is BC1(C)CC23CC2CCCC13. The second-order valence-electron chi connectivity index (χ2n) is 5.78. The van der Waals surface area contributed by atoms with Crippen LogP contribution in [-0.2, 0) is 0 Å². The Bertz CT molecular complexity index is 209. The zero-order chi connectivity index (χ0) is 7.69. The molecule has 4 atom stereocenters. The smallest absolute Gasteiger partial charge is 0.0666 e. The van der Waals surface area contributed by atoms with Crippen molar-refractivity contribution in [1.82, 2.24) is 0 Å². The first kappa shape index (κ1) is 6.57. The third-order valence-corrected chi connectivity index (χ3v) is 4.75. The topological polar surface area (TPSA) is 0 Å². The molecule has 0 radical (unpaired) electrons. The van der Waals surface area contributed by atoms with E-state index in [9.17, 15) is 0 Å². The number of hydrogen-bond acceptors (Lipinski definition) is 0. The van der Waals surface area contributed by atoms with Crippen LogP contribution >= 0.6 is 0 Å². The highest BCUT2D eigenvalue weighted by Crippen LogP contribution is 2.81. The molecule has 11 heavy (non-hydrogen) atoms. The van der Waals surface area contributed by atoms with Crippen LogP contribution in [0, 0.1) is 17.3 Å². The molecule has 0 heterocycles. The summed E-state index contributed by atoms with van der Waals surface area (Å²) in [5, 5.41) is 0.717. The van der Waals surface area contributed by atoms with Gasteiger partial charge in [0.25, 0.3) is 0 Å². The summed E-state index contributed by atoms with van der Waals surface area (Å²) >= 11 is 0. The van der Waals surface area contributed by atoms with Crippen molar-refractivity contribution in [2.24, 2.45) is 17.3 Å². The Balaban J connectivity index is 1.89. The Labute approximate surface area is 70.2 Å². The van der Waals surface area contributed by atoms with Gasteiger partial charge in [-0.2, -0.15) is 0 Å². The van der Waals surface area contributed by atoms with Gasteiger partial charge in [-0.3, -0.25) is 0 Å². The van der Waals surface area contributed by atoms with E-state index >= 15 is 0 Å². The molecule has 0 bridgehead atoms. The standard InChI is InChI=1S/C10H17B/c1-9(11)6-10-5-7(10)3-2-4-8(9)10/h7-8H,2-6,11H2,1H3. The van der Waals surface area contributed by atoms with Crippen molar-refractivity contribution in [3.8, 4) is 0 Å². The molecule has 0 aliphatic heterocycles. The Morgan fingerprint density at radius 2 is 2.18 bits per heavy atom. The molecule has 0 saturated heterocycles. The summed E-state index contributed by atoms with van der Waals surface area (Å²) in [4.78, 5) is 0. The van der Waals surface area contributed by atoms with Crippen molar-refractivity contribution < 1.29 is 0 Å². The van der Waals surface area contributed by atoms with Gasteiger partial charge >= 0.3 is 0 Å². The fourth-order valence-electron chi connectivity index (χ4n) is 4.42. The molecule has 0 nitrogen and oxygen atoms in total. The molecular weight excluding hydrogens is 131 g/mol. The zero-order valence-electron chi connectivity index (χ0n) is 7.69. The number of rotatable bonds is 0. The number of hydrogen-bond donors (Lipinski definition) is 0. The average molecular weight is 148 g/mol. The summed E-state index contributed by atoms with van der Waals surface area (Å²) in [6, 6.07) is 0. The molecule has 1 spiro atoms. The van der Waals surface area contributed by atoms with Crippen LogP contribution in [0.4, 0.5) is 0 Å². The van der Waals surface area contributed by atoms with Gasteiger partial charge in [-0.25, -0.2) is 0 Å². The maximum absolute atomic E-state index is 2.48.